The number of rotatable bonds is 5. The highest BCUT2D eigenvalue weighted by atomic mass is 16.4. The lowest BCUT2D eigenvalue weighted by atomic mass is 9.96. The van der Waals surface area contributed by atoms with Gasteiger partial charge in [0.25, 0.3) is 5.91 Å². The molecule has 0 fully saturated rings. The Labute approximate surface area is 123 Å². The fourth-order valence-electron chi connectivity index (χ4n) is 1.58. The zero-order chi connectivity index (χ0) is 16.0. The van der Waals surface area contributed by atoms with Crippen LogP contribution in [0.25, 0.3) is 0 Å². The van der Waals surface area contributed by atoms with Gasteiger partial charge >= 0.3 is 5.97 Å². The Balaban J connectivity index is 2.52. The van der Waals surface area contributed by atoms with Crippen LogP contribution in [0.1, 0.15) is 41.5 Å². The van der Waals surface area contributed by atoms with Gasteiger partial charge in [0.2, 0.25) is 5.91 Å². The van der Waals surface area contributed by atoms with Crippen LogP contribution in [0, 0.1) is 5.41 Å². The van der Waals surface area contributed by atoms with Crippen LogP contribution in [0.3, 0.4) is 0 Å². The number of aromatic carboxylic acids is 1. The Kier molecular flexibility index (Phi) is 5.46. The summed E-state index contributed by atoms with van der Waals surface area (Å²) in [6.07, 6.45) is 0. The normalized spacial score (nSPS) is 10.8. The smallest absolute Gasteiger partial charge is 0.336 e. The van der Waals surface area contributed by atoms with Gasteiger partial charge in [-0.25, -0.2) is 4.79 Å². The van der Waals surface area contributed by atoms with Gasteiger partial charge in [0.1, 0.15) is 0 Å². The maximum Gasteiger partial charge on any atom is 0.336 e. The number of benzene rings is 1. The molecule has 1 aromatic rings. The monoisotopic (exact) mass is 292 g/mol. The Bertz CT molecular complexity index is 547. The van der Waals surface area contributed by atoms with Crippen LogP contribution >= 0.6 is 0 Å². The standard InChI is InChI=1S/C15H20N2O4/c1-15(2,3)14(21)17-9-8-16-12(18)10-6-4-5-7-11(10)13(19)20/h4-7H,8-9H2,1-3H3,(H,16,18)(H,17,21)(H,19,20). The Morgan fingerprint density at radius 3 is 2.05 bits per heavy atom. The van der Waals surface area contributed by atoms with Crippen molar-refractivity contribution in [2.75, 3.05) is 13.1 Å². The summed E-state index contributed by atoms with van der Waals surface area (Å²) in [5, 5.41) is 14.3. The van der Waals surface area contributed by atoms with Gasteiger partial charge in [0.05, 0.1) is 11.1 Å². The molecule has 0 atom stereocenters. The summed E-state index contributed by atoms with van der Waals surface area (Å²) in [7, 11) is 0. The van der Waals surface area contributed by atoms with Gasteiger partial charge in [-0.15, -0.1) is 0 Å². The molecule has 0 saturated carbocycles. The topological polar surface area (TPSA) is 95.5 Å². The van der Waals surface area contributed by atoms with Crippen LogP contribution in [-0.4, -0.2) is 36.0 Å². The molecule has 0 saturated heterocycles. The highest BCUT2D eigenvalue weighted by molar-refractivity contribution is 6.04. The van der Waals surface area contributed by atoms with Gasteiger partial charge < -0.3 is 15.7 Å². The molecule has 0 aliphatic rings. The molecule has 21 heavy (non-hydrogen) atoms. The molecule has 6 nitrogen and oxygen atoms in total. The first-order valence-electron chi connectivity index (χ1n) is 6.62. The average molecular weight is 292 g/mol. The van der Waals surface area contributed by atoms with E-state index < -0.39 is 17.3 Å². The van der Waals surface area contributed by atoms with E-state index in [0.29, 0.717) is 0 Å². The molecule has 0 unspecified atom stereocenters. The largest absolute Gasteiger partial charge is 0.478 e. The summed E-state index contributed by atoms with van der Waals surface area (Å²) in [6.45, 7) is 5.91. The maximum absolute atomic E-state index is 11.9. The van der Waals surface area contributed by atoms with Crippen LogP contribution in [-0.2, 0) is 4.79 Å². The highest BCUT2D eigenvalue weighted by Gasteiger charge is 2.20. The minimum absolute atomic E-state index is 0.0475. The molecule has 6 heteroatoms. The number of hydrogen-bond donors (Lipinski definition) is 3. The molecule has 0 aliphatic heterocycles. The van der Waals surface area contributed by atoms with Crippen LogP contribution in [0.5, 0.6) is 0 Å². The Morgan fingerprint density at radius 1 is 1.00 bits per heavy atom. The highest BCUT2D eigenvalue weighted by Crippen LogP contribution is 2.12. The van der Waals surface area contributed by atoms with Crippen molar-refractivity contribution in [3.05, 3.63) is 35.4 Å². The third-order valence-electron chi connectivity index (χ3n) is 2.78. The first-order valence-corrected chi connectivity index (χ1v) is 6.62. The van der Waals surface area contributed by atoms with Crippen molar-refractivity contribution in [2.45, 2.75) is 20.8 Å². The summed E-state index contributed by atoms with van der Waals surface area (Å²) in [6, 6.07) is 5.98. The van der Waals surface area contributed by atoms with Crippen molar-refractivity contribution >= 4 is 17.8 Å². The molecule has 0 heterocycles. The molecule has 0 aliphatic carbocycles. The lowest BCUT2D eigenvalue weighted by molar-refractivity contribution is -0.128. The van der Waals surface area contributed by atoms with E-state index >= 15 is 0 Å². The molecule has 0 aromatic heterocycles. The number of carboxylic acid groups (broad SMARTS) is 1. The van der Waals surface area contributed by atoms with Crippen LogP contribution in [0.4, 0.5) is 0 Å². The van der Waals surface area contributed by atoms with Crippen LogP contribution < -0.4 is 10.6 Å². The van der Waals surface area contributed by atoms with E-state index in [0.717, 1.165) is 0 Å². The van der Waals surface area contributed by atoms with E-state index in [9.17, 15) is 14.4 Å². The predicted octanol–water partition coefficient (Wildman–Crippen LogP) is 1.28. The van der Waals surface area contributed by atoms with Gasteiger partial charge in [-0.3, -0.25) is 9.59 Å². The lowest BCUT2D eigenvalue weighted by Crippen LogP contribution is -2.40. The van der Waals surface area contributed by atoms with Gasteiger partial charge in [0, 0.05) is 18.5 Å². The average Bonchev–Trinajstić information content (AvgIpc) is 2.41. The van der Waals surface area contributed by atoms with Crippen LogP contribution in [0.15, 0.2) is 24.3 Å². The first-order chi connectivity index (χ1) is 9.73. The van der Waals surface area contributed by atoms with E-state index in [2.05, 4.69) is 10.6 Å². The van der Waals surface area contributed by atoms with Gasteiger partial charge in [-0.05, 0) is 12.1 Å². The fourth-order valence-corrected chi connectivity index (χ4v) is 1.58. The number of carboxylic acids is 1. The summed E-state index contributed by atoms with van der Waals surface area (Å²) in [5.41, 5.74) is -0.430. The SMILES string of the molecule is CC(C)(C)C(=O)NCCNC(=O)c1ccccc1C(=O)O. The molecule has 0 spiro atoms. The van der Waals surface area contributed by atoms with Crippen molar-refractivity contribution < 1.29 is 19.5 Å². The molecule has 1 rings (SSSR count). The summed E-state index contributed by atoms with van der Waals surface area (Å²) in [5.74, 6) is -1.73. The molecule has 0 bridgehead atoms. The van der Waals surface area contributed by atoms with Gasteiger partial charge in [-0.1, -0.05) is 32.9 Å². The molecule has 3 N–H and O–H groups in total. The molecule has 2 amide bonds. The zero-order valence-corrected chi connectivity index (χ0v) is 12.4. The molecular formula is C15H20N2O4. The minimum Gasteiger partial charge on any atom is -0.478 e. The fraction of sp³-hybridized carbons (Fsp3) is 0.400. The maximum atomic E-state index is 11.9. The summed E-state index contributed by atoms with van der Waals surface area (Å²) < 4.78 is 0. The van der Waals surface area contributed by atoms with Crippen LogP contribution in [0.2, 0.25) is 0 Å². The zero-order valence-electron chi connectivity index (χ0n) is 12.4. The van der Waals surface area contributed by atoms with E-state index in [1.54, 1.807) is 32.9 Å². The summed E-state index contributed by atoms with van der Waals surface area (Å²) >= 11 is 0. The van der Waals surface area contributed by atoms with Crippen molar-refractivity contribution in [3.63, 3.8) is 0 Å². The number of amides is 2. The molecule has 1 aromatic carbocycles. The number of nitrogens with one attached hydrogen (secondary N) is 2. The van der Waals surface area contributed by atoms with Crippen molar-refractivity contribution in [1.82, 2.24) is 10.6 Å². The van der Waals surface area contributed by atoms with E-state index in [4.69, 9.17) is 5.11 Å². The second-order valence-corrected chi connectivity index (χ2v) is 5.61. The Morgan fingerprint density at radius 2 is 1.52 bits per heavy atom. The first kappa shape index (κ1) is 16.7. The third-order valence-corrected chi connectivity index (χ3v) is 2.78. The number of carbonyl (C=O) groups is 3. The second-order valence-electron chi connectivity index (χ2n) is 5.61. The lowest BCUT2D eigenvalue weighted by Gasteiger charge is -2.17. The number of carbonyl (C=O) groups excluding carboxylic acids is 2. The minimum atomic E-state index is -1.15. The summed E-state index contributed by atoms with van der Waals surface area (Å²) in [4.78, 5) is 34.6. The van der Waals surface area contributed by atoms with Gasteiger partial charge in [-0.2, -0.15) is 0 Å². The van der Waals surface area contributed by atoms with Crippen molar-refractivity contribution in [2.24, 2.45) is 5.41 Å². The van der Waals surface area contributed by atoms with Crippen molar-refractivity contribution in [1.29, 1.82) is 0 Å². The Hall–Kier alpha value is -2.37. The third kappa shape index (κ3) is 4.91. The second kappa shape index (κ2) is 6.88. The van der Waals surface area contributed by atoms with Crippen molar-refractivity contribution in [3.8, 4) is 0 Å². The molecule has 114 valence electrons. The van der Waals surface area contributed by atoms with E-state index in [1.807, 2.05) is 0 Å². The van der Waals surface area contributed by atoms with Gasteiger partial charge in [0.15, 0.2) is 0 Å². The quantitative estimate of drug-likeness (QED) is 0.712. The van der Waals surface area contributed by atoms with E-state index in [1.165, 1.54) is 12.1 Å². The molecular weight excluding hydrogens is 272 g/mol. The predicted molar refractivity (Wildman–Crippen MR) is 78.2 cm³/mol. The number of hydrogen-bond acceptors (Lipinski definition) is 3. The molecule has 0 radical (unpaired) electrons. The van der Waals surface area contributed by atoms with E-state index in [-0.39, 0.29) is 30.1 Å².